The largest absolute Gasteiger partial charge is 0.487 e. The second-order valence-electron chi connectivity index (χ2n) is 5.76. The van der Waals surface area contributed by atoms with Crippen LogP contribution in [-0.4, -0.2) is 51.7 Å². The van der Waals surface area contributed by atoms with Crippen LogP contribution in [0.3, 0.4) is 0 Å². The number of hydrogen-bond donors (Lipinski definition) is 0. The van der Waals surface area contributed by atoms with E-state index >= 15 is 0 Å². The Hall–Kier alpha value is -2.93. The van der Waals surface area contributed by atoms with Crippen LogP contribution >= 0.6 is 0 Å². The Morgan fingerprint density at radius 1 is 1.12 bits per heavy atom. The molecule has 0 bridgehead atoms. The number of nitrogens with zero attached hydrogens (tertiary/aromatic N) is 4. The molecule has 0 atom stereocenters. The third-order valence-corrected chi connectivity index (χ3v) is 4.17. The summed E-state index contributed by atoms with van der Waals surface area (Å²) in [4.78, 5) is 18.4. The van der Waals surface area contributed by atoms with Crippen LogP contribution in [0.5, 0.6) is 5.75 Å². The van der Waals surface area contributed by atoms with Crippen molar-refractivity contribution < 1.29 is 14.3 Å². The molecule has 0 saturated carbocycles. The Balaban J connectivity index is 1.42. The summed E-state index contributed by atoms with van der Waals surface area (Å²) in [6, 6.07) is 13.0. The van der Waals surface area contributed by atoms with Gasteiger partial charge in [0, 0.05) is 18.7 Å². The van der Waals surface area contributed by atoms with E-state index in [4.69, 9.17) is 9.47 Å². The van der Waals surface area contributed by atoms with Crippen molar-refractivity contribution >= 4 is 11.6 Å². The summed E-state index contributed by atoms with van der Waals surface area (Å²) in [6.45, 7) is 2.84. The van der Waals surface area contributed by atoms with Gasteiger partial charge in [0.15, 0.2) is 5.65 Å². The van der Waals surface area contributed by atoms with Crippen LogP contribution in [-0.2, 0) is 11.3 Å². The summed E-state index contributed by atoms with van der Waals surface area (Å²) in [6.07, 6.45) is 1.52. The molecule has 1 aromatic carbocycles. The Bertz CT molecular complexity index is 869. The summed E-state index contributed by atoms with van der Waals surface area (Å²) < 4.78 is 12.8. The molecular formula is C18H18N4O3. The number of hydrogen-bond acceptors (Lipinski definition) is 5. The smallest absolute Gasteiger partial charge is 0.254 e. The van der Waals surface area contributed by atoms with E-state index in [1.54, 1.807) is 16.6 Å². The number of fused-ring (bicyclic) bond motifs is 1. The fourth-order valence-electron chi connectivity index (χ4n) is 2.81. The molecule has 7 nitrogen and oxygen atoms in total. The normalized spacial score (nSPS) is 14.6. The van der Waals surface area contributed by atoms with Crippen molar-refractivity contribution in [1.29, 1.82) is 0 Å². The Morgan fingerprint density at radius 2 is 1.92 bits per heavy atom. The first-order valence-corrected chi connectivity index (χ1v) is 8.19. The number of benzene rings is 1. The van der Waals surface area contributed by atoms with Crippen molar-refractivity contribution in [3.63, 3.8) is 0 Å². The van der Waals surface area contributed by atoms with E-state index in [2.05, 4.69) is 10.1 Å². The van der Waals surface area contributed by atoms with Gasteiger partial charge in [0.25, 0.3) is 5.91 Å². The second kappa shape index (κ2) is 6.90. The molecule has 0 aliphatic carbocycles. The average Bonchev–Trinajstić information content (AvgIpc) is 3.16. The lowest BCUT2D eigenvalue weighted by molar-refractivity contribution is 0.0303. The molecule has 7 heteroatoms. The molecule has 4 rings (SSSR count). The minimum absolute atomic E-state index is 0.0298. The van der Waals surface area contributed by atoms with Crippen molar-refractivity contribution in [2.45, 2.75) is 6.61 Å². The van der Waals surface area contributed by atoms with Gasteiger partial charge in [-0.05, 0) is 36.4 Å². The molecule has 128 valence electrons. The number of amides is 1. The first-order chi connectivity index (χ1) is 12.3. The van der Waals surface area contributed by atoms with Crippen LogP contribution < -0.4 is 4.74 Å². The first kappa shape index (κ1) is 15.6. The highest BCUT2D eigenvalue weighted by molar-refractivity contribution is 5.94. The summed E-state index contributed by atoms with van der Waals surface area (Å²) >= 11 is 0. The van der Waals surface area contributed by atoms with E-state index in [-0.39, 0.29) is 5.91 Å². The number of pyridine rings is 1. The third kappa shape index (κ3) is 3.32. The number of carbonyl (C=O) groups excluding carboxylic acids is 1. The van der Waals surface area contributed by atoms with Gasteiger partial charge >= 0.3 is 0 Å². The van der Waals surface area contributed by atoms with Crippen LogP contribution in [0, 0.1) is 0 Å². The molecule has 1 saturated heterocycles. The molecular weight excluding hydrogens is 320 g/mol. The van der Waals surface area contributed by atoms with Crippen LogP contribution in [0.15, 0.2) is 48.8 Å². The molecule has 25 heavy (non-hydrogen) atoms. The maximum absolute atomic E-state index is 12.4. The van der Waals surface area contributed by atoms with Crippen molar-refractivity contribution in [3.8, 4) is 5.75 Å². The molecule has 0 spiro atoms. The SMILES string of the molecule is O=C(c1ccc(OCc2cccc3ncnn23)cc1)N1CCOCC1. The summed E-state index contributed by atoms with van der Waals surface area (Å²) in [5.74, 6) is 0.734. The van der Waals surface area contributed by atoms with E-state index in [0.29, 0.717) is 44.2 Å². The maximum Gasteiger partial charge on any atom is 0.254 e. The van der Waals surface area contributed by atoms with Gasteiger partial charge in [-0.1, -0.05) is 6.07 Å². The van der Waals surface area contributed by atoms with Crippen LogP contribution in [0.25, 0.3) is 5.65 Å². The molecule has 1 amide bonds. The Kier molecular flexibility index (Phi) is 4.30. The zero-order valence-corrected chi connectivity index (χ0v) is 13.7. The van der Waals surface area contributed by atoms with Crippen molar-refractivity contribution in [2.75, 3.05) is 26.3 Å². The lowest BCUT2D eigenvalue weighted by Crippen LogP contribution is -2.40. The molecule has 0 radical (unpaired) electrons. The summed E-state index contributed by atoms with van der Waals surface area (Å²) in [7, 11) is 0. The highest BCUT2D eigenvalue weighted by Crippen LogP contribution is 2.16. The van der Waals surface area contributed by atoms with E-state index in [1.807, 2.05) is 35.2 Å². The number of morpholine rings is 1. The molecule has 1 fully saturated rings. The van der Waals surface area contributed by atoms with Gasteiger partial charge in [-0.15, -0.1) is 0 Å². The molecule has 0 N–H and O–H groups in total. The van der Waals surface area contributed by atoms with Gasteiger partial charge in [0.05, 0.1) is 18.9 Å². The number of carbonyl (C=O) groups is 1. The third-order valence-electron chi connectivity index (χ3n) is 4.17. The van der Waals surface area contributed by atoms with Gasteiger partial charge in [0.1, 0.15) is 18.7 Å². The molecule has 2 aromatic heterocycles. The van der Waals surface area contributed by atoms with Crippen molar-refractivity contribution in [2.24, 2.45) is 0 Å². The lowest BCUT2D eigenvalue weighted by atomic mass is 10.2. The standard InChI is InChI=1S/C18H18N4O3/c23-18(21-8-10-24-11-9-21)14-4-6-16(7-5-14)25-12-15-2-1-3-17-19-13-20-22(15)17/h1-7,13H,8-12H2. The molecule has 3 heterocycles. The maximum atomic E-state index is 12.4. The quantitative estimate of drug-likeness (QED) is 0.725. The fourth-order valence-corrected chi connectivity index (χ4v) is 2.81. The Labute approximate surface area is 144 Å². The van der Waals surface area contributed by atoms with Crippen molar-refractivity contribution in [1.82, 2.24) is 19.5 Å². The second-order valence-corrected chi connectivity index (χ2v) is 5.76. The minimum atomic E-state index is 0.0298. The lowest BCUT2D eigenvalue weighted by Gasteiger charge is -2.26. The van der Waals surface area contributed by atoms with E-state index in [9.17, 15) is 4.79 Å². The van der Waals surface area contributed by atoms with E-state index < -0.39 is 0 Å². The zero-order chi connectivity index (χ0) is 17.1. The summed E-state index contributed by atoms with van der Waals surface area (Å²) in [5, 5.41) is 4.19. The van der Waals surface area contributed by atoms with Crippen molar-refractivity contribution in [3.05, 3.63) is 60.0 Å². The van der Waals surface area contributed by atoms with Crippen LogP contribution in [0.2, 0.25) is 0 Å². The van der Waals surface area contributed by atoms with E-state index in [1.165, 1.54) is 6.33 Å². The predicted octanol–water partition coefficient (Wildman–Crippen LogP) is 1.78. The molecule has 1 aliphatic rings. The van der Waals surface area contributed by atoms with Crippen LogP contribution in [0.1, 0.15) is 16.1 Å². The highest BCUT2D eigenvalue weighted by atomic mass is 16.5. The number of ether oxygens (including phenoxy) is 2. The predicted molar refractivity (Wildman–Crippen MR) is 90.5 cm³/mol. The topological polar surface area (TPSA) is 69.0 Å². The first-order valence-electron chi connectivity index (χ1n) is 8.19. The minimum Gasteiger partial charge on any atom is -0.487 e. The van der Waals surface area contributed by atoms with E-state index in [0.717, 1.165) is 11.3 Å². The van der Waals surface area contributed by atoms with Gasteiger partial charge in [-0.3, -0.25) is 4.79 Å². The highest BCUT2D eigenvalue weighted by Gasteiger charge is 2.18. The summed E-state index contributed by atoms with van der Waals surface area (Å²) in [5.41, 5.74) is 2.35. The van der Waals surface area contributed by atoms with Gasteiger partial charge in [-0.25, -0.2) is 9.50 Å². The van der Waals surface area contributed by atoms with Gasteiger partial charge in [-0.2, -0.15) is 5.10 Å². The fraction of sp³-hybridized carbons (Fsp3) is 0.278. The molecule has 1 aliphatic heterocycles. The number of rotatable bonds is 4. The van der Waals surface area contributed by atoms with Gasteiger partial charge < -0.3 is 14.4 Å². The average molecular weight is 338 g/mol. The molecule has 3 aromatic rings. The monoisotopic (exact) mass is 338 g/mol. The Morgan fingerprint density at radius 3 is 2.72 bits per heavy atom. The van der Waals surface area contributed by atoms with Crippen LogP contribution in [0.4, 0.5) is 0 Å². The number of aromatic nitrogens is 3. The zero-order valence-electron chi connectivity index (χ0n) is 13.7. The molecule has 0 unspecified atom stereocenters. The van der Waals surface area contributed by atoms with Gasteiger partial charge in [0.2, 0.25) is 0 Å².